The Morgan fingerprint density at radius 3 is 2.48 bits per heavy atom. The lowest BCUT2D eigenvalue weighted by Crippen LogP contribution is -2.38. The van der Waals surface area contributed by atoms with Crippen molar-refractivity contribution in [3.05, 3.63) is 53.4 Å². The van der Waals surface area contributed by atoms with E-state index in [2.05, 4.69) is 15.5 Å². The van der Waals surface area contributed by atoms with Crippen molar-refractivity contribution in [1.82, 2.24) is 10.2 Å². The average Bonchev–Trinajstić information content (AvgIpc) is 3.18. The molecule has 0 aliphatic carbocycles. The predicted molar refractivity (Wildman–Crippen MR) is 117 cm³/mol. The molecule has 2 aliphatic rings. The first kappa shape index (κ1) is 20.7. The van der Waals surface area contributed by atoms with Gasteiger partial charge in [-0.15, -0.1) is 0 Å². The van der Waals surface area contributed by atoms with Crippen LogP contribution in [-0.2, 0) is 9.59 Å². The van der Waals surface area contributed by atoms with Crippen molar-refractivity contribution < 1.29 is 18.8 Å². The molecule has 0 unspecified atom stereocenters. The van der Waals surface area contributed by atoms with Crippen molar-refractivity contribution in [1.29, 1.82) is 0 Å². The van der Waals surface area contributed by atoms with Crippen LogP contribution < -0.4 is 15.5 Å². The van der Waals surface area contributed by atoms with Crippen LogP contribution in [0.1, 0.15) is 37.0 Å². The number of anilines is 2. The topological polar surface area (TPSA) is 94.9 Å². The first-order valence-corrected chi connectivity index (χ1v) is 10.6. The summed E-state index contributed by atoms with van der Waals surface area (Å²) in [5.41, 5.74) is 1.76. The number of amides is 4. The highest BCUT2D eigenvalue weighted by atomic mass is 16.4. The maximum atomic E-state index is 12.6. The summed E-state index contributed by atoms with van der Waals surface area (Å²) in [6, 6.07) is 10.3. The van der Waals surface area contributed by atoms with Gasteiger partial charge in [0.1, 0.15) is 18.0 Å². The van der Waals surface area contributed by atoms with E-state index in [-0.39, 0.29) is 12.2 Å². The van der Waals surface area contributed by atoms with Crippen molar-refractivity contribution in [3.8, 4) is 0 Å². The number of hydrogen-bond donors (Lipinski definition) is 2. The Hall–Kier alpha value is -3.55. The zero-order valence-electron chi connectivity index (χ0n) is 17.5. The first-order chi connectivity index (χ1) is 15.0. The van der Waals surface area contributed by atoms with Gasteiger partial charge in [-0.1, -0.05) is 30.5 Å². The molecule has 0 atom stereocenters. The van der Waals surface area contributed by atoms with Crippen LogP contribution in [0.15, 0.2) is 46.5 Å². The number of furan rings is 1. The summed E-state index contributed by atoms with van der Waals surface area (Å²) in [7, 11) is 0. The Labute approximate surface area is 180 Å². The molecule has 31 heavy (non-hydrogen) atoms. The Morgan fingerprint density at radius 1 is 1.06 bits per heavy atom. The number of aryl methyl sites for hydroxylation is 1. The number of urea groups is 1. The van der Waals surface area contributed by atoms with Crippen LogP contribution in [0.25, 0.3) is 6.08 Å². The van der Waals surface area contributed by atoms with Gasteiger partial charge in [-0.3, -0.25) is 9.59 Å². The molecule has 8 nitrogen and oxygen atoms in total. The number of imide groups is 1. The van der Waals surface area contributed by atoms with Gasteiger partial charge in [0.05, 0.1) is 0 Å². The van der Waals surface area contributed by atoms with Crippen LogP contribution in [0.5, 0.6) is 0 Å². The molecule has 0 bridgehead atoms. The zero-order chi connectivity index (χ0) is 21.8. The van der Waals surface area contributed by atoms with E-state index in [4.69, 9.17) is 4.42 Å². The van der Waals surface area contributed by atoms with Crippen LogP contribution in [0.4, 0.5) is 16.4 Å². The molecular weight excluding hydrogens is 396 g/mol. The lowest BCUT2D eigenvalue weighted by Gasteiger charge is -2.18. The largest absolute Gasteiger partial charge is 0.441 e. The van der Waals surface area contributed by atoms with Gasteiger partial charge in [0.25, 0.3) is 5.91 Å². The second-order valence-electron chi connectivity index (χ2n) is 7.87. The van der Waals surface area contributed by atoms with Gasteiger partial charge in [0.2, 0.25) is 5.91 Å². The third-order valence-electron chi connectivity index (χ3n) is 5.42. The maximum absolute atomic E-state index is 12.6. The summed E-state index contributed by atoms with van der Waals surface area (Å²) in [6.45, 7) is 3.47. The van der Waals surface area contributed by atoms with Gasteiger partial charge in [-0.25, -0.2) is 9.69 Å². The molecule has 2 N–H and O–H groups in total. The third-order valence-corrected chi connectivity index (χ3v) is 5.42. The molecule has 4 rings (SSSR count). The normalized spacial score (nSPS) is 18.3. The lowest BCUT2D eigenvalue weighted by atomic mass is 10.2. The molecule has 162 valence electrons. The summed E-state index contributed by atoms with van der Waals surface area (Å²) in [4.78, 5) is 40.3. The second-order valence-corrected chi connectivity index (χ2v) is 7.87. The maximum Gasteiger partial charge on any atom is 0.329 e. The minimum absolute atomic E-state index is 0.0879. The van der Waals surface area contributed by atoms with Crippen LogP contribution in [0, 0.1) is 6.92 Å². The van der Waals surface area contributed by atoms with Gasteiger partial charge >= 0.3 is 6.03 Å². The SMILES string of the molecule is Cc1ccc(NC(=O)CN2C(=O)N/C(=C/c3ccc(N4CCCCCC4)o3)C2=O)cc1. The molecule has 8 heteroatoms. The number of nitrogens with one attached hydrogen (secondary N) is 2. The Balaban J connectivity index is 1.40. The summed E-state index contributed by atoms with van der Waals surface area (Å²) >= 11 is 0. The Morgan fingerprint density at radius 2 is 1.77 bits per heavy atom. The second kappa shape index (κ2) is 9.07. The summed E-state index contributed by atoms with van der Waals surface area (Å²) in [5, 5.41) is 5.21. The van der Waals surface area contributed by atoms with Crippen molar-refractivity contribution in [3.63, 3.8) is 0 Å². The third kappa shape index (κ3) is 4.96. The predicted octanol–water partition coefficient (Wildman–Crippen LogP) is 3.50. The average molecular weight is 422 g/mol. The smallest absolute Gasteiger partial charge is 0.329 e. The standard InChI is InChI=1S/C23H26N4O4/c1-16-6-8-17(9-7-16)24-20(28)15-27-22(29)19(25-23(27)30)14-18-10-11-21(31-18)26-12-4-2-3-5-13-26/h6-11,14H,2-5,12-13,15H2,1H3,(H,24,28)(H,25,30)/b19-14+. The van der Waals surface area contributed by atoms with E-state index < -0.39 is 17.8 Å². The van der Waals surface area contributed by atoms with Crippen LogP contribution in [-0.4, -0.2) is 42.4 Å². The lowest BCUT2D eigenvalue weighted by molar-refractivity contribution is -0.127. The van der Waals surface area contributed by atoms with Crippen molar-refractivity contribution >= 4 is 35.5 Å². The number of rotatable bonds is 5. The number of hydrogen-bond acceptors (Lipinski definition) is 5. The Kier molecular flexibility index (Phi) is 6.06. The van der Waals surface area contributed by atoms with Crippen LogP contribution in [0.2, 0.25) is 0 Å². The summed E-state index contributed by atoms with van der Waals surface area (Å²) in [6.07, 6.45) is 6.21. The van der Waals surface area contributed by atoms with Gasteiger partial charge in [0.15, 0.2) is 5.88 Å². The van der Waals surface area contributed by atoms with E-state index in [1.54, 1.807) is 18.2 Å². The summed E-state index contributed by atoms with van der Waals surface area (Å²) < 4.78 is 5.88. The number of benzene rings is 1. The zero-order valence-corrected chi connectivity index (χ0v) is 17.5. The minimum Gasteiger partial charge on any atom is -0.441 e. The fourth-order valence-electron chi connectivity index (χ4n) is 3.72. The molecule has 1 aromatic heterocycles. The van der Waals surface area contributed by atoms with E-state index in [0.29, 0.717) is 11.4 Å². The van der Waals surface area contributed by atoms with E-state index in [1.165, 1.54) is 18.9 Å². The molecule has 4 amide bonds. The summed E-state index contributed by atoms with van der Waals surface area (Å²) in [5.74, 6) is 0.237. The number of carbonyl (C=O) groups is 3. The van der Waals surface area contributed by atoms with Gasteiger partial charge in [-0.2, -0.15) is 0 Å². The molecule has 0 spiro atoms. The quantitative estimate of drug-likeness (QED) is 0.568. The van der Waals surface area contributed by atoms with E-state index in [1.807, 2.05) is 25.1 Å². The van der Waals surface area contributed by atoms with Crippen molar-refractivity contribution in [2.24, 2.45) is 0 Å². The molecular formula is C23H26N4O4. The highest BCUT2D eigenvalue weighted by molar-refractivity contribution is 6.15. The number of nitrogens with zero attached hydrogens (tertiary/aromatic N) is 2. The first-order valence-electron chi connectivity index (χ1n) is 10.6. The highest BCUT2D eigenvalue weighted by Gasteiger charge is 2.35. The van der Waals surface area contributed by atoms with Crippen LogP contribution >= 0.6 is 0 Å². The monoisotopic (exact) mass is 422 g/mol. The van der Waals surface area contributed by atoms with Crippen molar-refractivity contribution in [2.45, 2.75) is 32.6 Å². The van der Waals surface area contributed by atoms with E-state index in [0.717, 1.165) is 42.3 Å². The fourth-order valence-corrected chi connectivity index (χ4v) is 3.72. The molecule has 2 aliphatic heterocycles. The molecule has 1 aromatic carbocycles. The van der Waals surface area contributed by atoms with Gasteiger partial charge in [0, 0.05) is 30.9 Å². The van der Waals surface area contributed by atoms with E-state index >= 15 is 0 Å². The fraction of sp³-hybridized carbons (Fsp3) is 0.348. The number of carbonyl (C=O) groups excluding carboxylic acids is 3. The molecule has 0 saturated carbocycles. The molecule has 0 radical (unpaired) electrons. The van der Waals surface area contributed by atoms with Crippen molar-refractivity contribution in [2.75, 3.05) is 29.9 Å². The van der Waals surface area contributed by atoms with Gasteiger partial charge in [-0.05, 0) is 38.0 Å². The van der Waals surface area contributed by atoms with E-state index in [9.17, 15) is 14.4 Å². The molecule has 2 saturated heterocycles. The molecule has 3 heterocycles. The van der Waals surface area contributed by atoms with Crippen LogP contribution in [0.3, 0.4) is 0 Å². The molecule has 2 aromatic rings. The highest BCUT2D eigenvalue weighted by Crippen LogP contribution is 2.24. The molecule has 2 fully saturated rings. The Bertz CT molecular complexity index is 1000. The minimum atomic E-state index is -0.630. The van der Waals surface area contributed by atoms with Gasteiger partial charge < -0.3 is 20.0 Å².